The first-order valence-corrected chi connectivity index (χ1v) is 7.00. The van der Waals surface area contributed by atoms with Crippen LogP contribution in [0, 0.1) is 0 Å². The van der Waals surface area contributed by atoms with Crippen molar-refractivity contribution in [2.24, 2.45) is 5.73 Å². The molecule has 0 spiro atoms. The lowest BCUT2D eigenvalue weighted by Crippen LogP contribution is -2.15. The fraction of sp³-hybridized carbons (Fsp3) is 0.125. The van der Waals surface area contributed by atoms with Crippen LogP contribution in [0.2, 0.25) is 5.02 Å². The number of halogens is 1. The highest BCUT2D eigenvalue weighted by molar-refractivity contribution is 6.31. The van der Waals surface area contributed by atoms with E-state index in [4.69, 9.17) is 17.3 Å². The third-order valence-corrected chi connectivity index (χ3v) is 3.60. The fourth-order valence-corrected chi connectivity index (χ4v) is 2.51. The van der Waals surface area contributed by atoms with Crippen molar-refractivity contribution in [1.82, 2.24) is 9.55 Å². The van der Waals surface area contributed by atoms with Crippen LogP contribution in [0.25, 0.3) is 11.0 Å². The summed E-state index contributed by atoms with van der Waals surface area (Å²) in [6.45, 7) is 0.489. The smallest absolute Gasteiger partial charge is 0.182 e. The number of nitrogens with zero attached hydrogens (tertiary/aromatic N) is 2. The SMILES string of the molecule is NCc1nc2cc(Cl)ccc2n1CC(=O)c1ccccc1. The van der Waals surface area contributed by atoms with Gasteiger partial charge in [0.1, 0.15) is 5.82 Å². The standard InChI is InChI=1S/C16H14ClN3O/c17-12-6-7-14-13(8-12)19-16(9-18)20(14)10-15(21)11-4-2-1-3-5-11/h1-8H,9-10,18H2. The Kier molecular flexibility index (Phi) is 3.73. The number of benzene rings is 2. The third-order valence-electron chi connectivity index (χ3n) is 3.37. The van der Waals surface area contributed by atoms with E-state index in [0.717, 1.165) is 11.0 Å². The number of fused-ring (bicyclic) bond motifs is 1. The lowest BCUT2D eigenvalue weighted by atomic mass is 10.1. The number of aromatic nitrogens is 2. The van der Waals surface area contributed by atoms with Crippen LogP contribution in [0.1, 0.15) is 16.2 Å². The summed E-state index contributed by atoms with van der Waals surface area (Å²) in [4.78, 5) is 16.8. The van der Waals surface area contributed by atoms with E-state index in [0.29, 0.717) is 16.4 Å². The van der Waals surface area contributed by atoms with Crippen molar-refractivity contribution in [2.75, 3.05) is 0 Å². The number of nitrogens with two attached hydrogens (primary N) is 1. The van der Waals surface area contributed by atoms with E-state index >= 15 is 0 Å². The zero-order valence-corrected chi connectivity index (χ0v) is 12.0. The quantitative estimate of drug-likeness (QED) is 0.753. The predicted molar refractivity (Wildman–Crippen MR) is 83.4 cm³/mol. The molecule has 0 aliphatic rings. The van der Waals surface area contributed by atoms with Crippen LogP contribution in [0.3, 0.4) is 0 Å². The maximum Gasteiger partial charge on any atom is 0.182 e. The molecule has 0 saturated heterocycles. The Hall–Kier alpha value is -2.17. The molecule has 1 aromatic heterocycles. The van der Waals surface area contributed by atoms with Crippen LogP contribution < -0.4 is 5.73 Å². The molecule has 106 valence electrons. The Morgan fingerprint density at radius 3 is 2.67 bits per heavy atom. The zero-order valence-electron chi connectivity index (χ0n) is 11.3. The zero-order chi connectivity index (χ0) is 14.8. The van der Waals surface area contributed by atoms with E-state index in [1.807, 2.05) is 28.8 Å². The lowest BCUT2D eigenvalue weighted by molar-refractivity contribution is 0.0972. The van der Waals surface area contributed by atoms with Crippen LogP contribution in [0.5, 0.6) is 0 Å². The van der Waals surface area contributed by atoms with Crippen LogP contribution in [-0.2, 0) is 13.1 Å². The number of Topliss-reactive ketones (excluding diaryl/α,β-unsaturated/α-hetero) is 1. The largest absolute Gasteiger partial charge is 0.324 e. The van der Waals surface area contributed by atoms with Gasteiger partial charge in [0.05, 0.1) is 24.1 Å². The molecule has 0 aliphatic carbocycles. The first-order valence-electron chi connectivity index (χ1n) is 6.62. The second kappa shape index (κ2) is 5.68. The average Bonchev–Trinajstić information content (AvgIpc) is 2.85. The average molecular weight is 300 g/mol. The van der Waals surface area contributed by atoms with Gasteiger partial charge in [-0.25, -0.2) is 4.98 Å². The molecule has 0 unspecified atom stereocenters. The van der Waals surface area contributed by atoms with Gasteiger partial charge in [0.2, 0.25) is 0 Å². The summed E-state index contributed by atoms with van der Waals surface area (Å²) < 4.78 is 1.85. The summed E-state index contributed by atoms with van der Waals surface area (Å²) >= 11 is 5.98. The summed E-state index contributed by atoms with van der Waals surface area (Å²) in [5.74, 6) is 0.705. The van der Waals surface area contributed by atoms with E-state index in [1.54, 1.807) is 24.3 Å². The molecule has 3 rings (SSSR count). The van der Waals surface area contributed by atoms with Gasteiger partial charge in [-0.15, -0.1) is 0 Å². The molecular formula is C16H14ClN3O. The maximum absolute atomic E-state index is 12.4. The lowest BCUT2D eigenvalue weighted by Gasteiger charge is -2.07. The van der Waals surface area contributed by atoms with Gasteiger partial charge in [0.25, 0.3) is 0 Å². The van der Waals surface area contributed by atoms with Crippen LogP contribution >= 0.6 is 11.6 Å². The molecule has 0 aliphatic heterocycles. The number of hydrogen-bond donors (Lipinski definition) is 1. The van der Waals surface area contributed by atoms with Crippen LogP contribution in [-0.4, -0.2) is 15.3 Å². The Morgan fingerprint density at radius 1 is 1.19 bits per heavy atom. The molecule has 5 heteroatoms. The minimum absolute atomic E-state index is 0.0274. The number of rotatable bonds is 4. The number of imidazole rings is 1. The van der Waals surface area contributed by atoms with E-state index in [-0.39, 0.29) is 18.9 Å². The minimum atomic E-state index is 0.0274. The summed E-state index contributed by atoms with van der Waals surface area (Å²) in [6, 6.07) is 14.6. The first-order chi connectivity index (χ1) is 10.2. The van der Waals surface area contributed by atoms with E-state index in [2.05, 4.69) is 4.98 Å². The van der Waals surface area contributed by atoms with Crippen molar-refractivity contribution < 1.29 is 4.79 Å². The summed E-state index contributed by atoms with van der Waals surface area (Å²) in [5, 5.41) is 0.616. The van der Waals surface area contributed by atoms with Gasteiger partial charge in [-0.3, -0.25) is 4.79 Å². The minimum Gasteiger partial charge on any atom is -0.324 e. The number of carbonyl (C=O) groups is 1. The van der Waals surface area contributed by atoms with Crippen LogP contribution in [0.15, 0.2) is 48.5 Å². The highest BCUT2D eigenvalue weighted by Crippen LogP contribution is 2.21. The summed E-state index contributed by atoms with van der Waals surface area (Å²) in [7, 11) is 0. The van der Waals surface area contributed by atoms with Crippen molar-refractivity contribution in [3.63, 3.8) is 0 Å². The van der Waals surface area contributed by atoms with Gasteiger partial charge in [0.15, 0.2) is 5.78 Å². The van der Waals surface area contributed by atoms with Crippen molar-refractivity contribution >= 4 is 28.4 Å². The van der Waals surface area contributed by atoms with Gasteiger partial charge < -0.3 is 10.3 Å². The first kappa shape index (κ1) is 13.8. The van der Waals surface area contributed by atoms with Crippen molar-refractivity contribution in [3.8, 4) is 0 Å². The van der Waals surface area contributed by atoms with Gasteiger partial charge in [-0.2, -0.15) is 0 Å². The molecule has 1 heterocycles. The number of ketones is 1. The topological polar surface area (TPSA) is 60.9 Å². The molecule has 2 N–H and O–H groups in total. The second-order valence-corrected chi connectivity index (χ2v) is 5.18. The Labute approximate surface area is 127 Å². The third kappa shape index (κ3) is 2.68. The molecule has 3 aromatic rings. The molecule has 0 atom stereocenters. The van der Waals surface area contributed by atoms with Crippen molar-refractivity contribution in [1.29, 1.82) is 0 Å². The Balaban J connectivity index is 2.02. The highest BCUT2D eigenvalue weighted by Gasteiger charge is 2.14. The van der Waals surface area contributed by atoms with E-state index in [9.17, 15) is 4.79 Å². The molecule has 0 radical (unpaired) electrons. The normalized spacial score (nSPS) is 11.0. The van der Waals surface area contributed by atoms with Crippen molar-refractivity contribution in [3.05, 3.63) is 64.9 Å². The fourth-order valence-electron chi connectivity index (χ4n) is 2.34. The van der Waals surface area contributed by atoms with Gasteiger partial charge in [-0.1, -0.05) is 41.9 Å². The second-order valence-electron chi connectivity index (χ2n) is 4.74. The number of hydrogen-bond acceptors (Lipinski definition) is 3. The molecule has 0 saturated carbocycles. The molecule has 0 amide bonds. The highest BCUT2D eigenvalue weighted by atomic mass is 35.5. The summed E-state index contributed by atoms with van der Waals surface area (Å²) in [6.07, 6.45) is 0. The summed E-state index contributed by atoms with van der Waals surface area (Å²) in [5.41, 5.74) is 8.03. The Morgan fingerprint density at radius 2 is 1.95 bits per heavy atom. The molecular weight excluding hydrogens is 286 g/mol. The number of carbonyl (C=O) groups excluding carboxylic acids is 1. The monoisotopic (exact) mass is 299 g/mol. The van der Waals surface area contributed by atoms with Gasteiger partial charge in [-0.05, 0) is 18.2 Å². The van der Waals surface area contributed by atoms with Crippen molar-refractivity contribution in [2.45, 2.75) is 13.1 Å². The molecule has 0 fully saturated rings. The van der Waals surface area contributed by atoms with E-state index in [1.165, 1.54) is 0 Å². The Bertz CT molecular complexity index is 796. The predicted octanol–water partition coefficient (Wildman–Crippen LogP) is 3.03. The molecule has 4 nitrogen and oxygen atoms in total. The molecule has 2 aromatic carbocycles. The maximum atomic E-state index is 12.4. The van der Waals surface area contributed by atoms with E-state index < -0.39 is 0 Å². The molecule has 0 bridgehead atoms. The van der Waals surface area contributed by atoms with Gasteiger partial charge in [0, 0.05) is 10.6 Å². The van der Waals surface area contributed by atoms with Gasteiger partial charge >= 0.3 is 0 Å². The molecule has 21 heavy (non-hydrogen) atoms. The van der Waals surface area contributed by atoms with Crippen LogP contribution in [0.4, 0.5) is 0 Å².